The standard InChI is InChI=1S/C19H19N5O4/c1-13(21-19(27)28-12-14-7-3-2-4-8-14)18(26)20-11-17(25)24-16-10-6-5-9-15(16)22-23-24/h2-10,13H,11-12H2,1H3,(H,20,26)(H,21,27)/t13-/m0/s1. The molecule has 9 heteroatoms. The summed E-state index contributed by atoms with van der Waals surface area (Å²) in [5, 5.41) is 12.6. The predicted octanol–water partition coefficient (Wildman–Crippen LogP) is 1.50. The van der Waals surface area contributed by atoms with Crippen LogP contribution in [0.5, 0.6) is 0 Å². The number of para-hydroxylation sites is 1. The minimum atomic E-state index is -0.872. The van der Waals surface area contributed by atoms with Crippen LogP contribution in [0.2, 0.25) is 0 Å². The van der Waals surface area contributed by atoms with Gasteiger partial charge in [0.05, 0.1) is 12.1 Å². The molecule has 144 valence electrons. The number of fused-ring (bicyclic) bond motifs is 1. The number of carbonyl (C=O) groups excluding carboxylic acids is 3. The normalized spacial score (nSPS) is 11.6. The van der Waals surface area contributed by atoms with E-state index >= 15 is 0 Å². The van der Waals surface area contributed by atoms with Gasteiger partial charge in [0.25, 0.3) is 5.91 Å². The van der Waals surface area contributed by atoms with Crippen molar-refractivity contribution in [1.82, 2.24) is 25.6 Å². The van der Waals surface area contributed by atoms with Gasteiger partial charge >= 0.3 is 6.09 Å². The maximum absolute atomic E-state index is 12.3. The van der Waals surface area contributed by atoms with Crippen molar-refractivity contribution in [2.75, 3.05) is 6.54 Å². The van der Waals surface area contributed by atoms with Crippen LogP contribution in [0.1, 0.15) is 17.3 Å². The van der Waals surface area contributed by atoms with Crippen molar-refractivity contribution in [3.63, 3.8) is 0 Å². The summed E-state index contributed by atoms with van der Waals surface area (Å²) in [6.45, 7) is 1.31. The lowest BCUT2D eigenvalue weighted by molar-refractivity contribution is -0.122. The number of aromatic nitrogens is 3. The van der Waals surface area contributed by atoms with Crippen LogP contribution in [0.4, 0.5) is 4.79 Å². The summed E-state index contributed by atoms with van der Waals surface area (Å²) in [5.74, 6) is -0.963. The molecule has 0 bridgehead atoms. The summed E-state index contributed by atoms with van der Waals surface area (Å²) >= 11 is 0. The van der Waals surface area contributed by atoms with Crippen LogP contribution < -0.4 is 10.6 Å². The van der Waals surface area contributed by atoms with Crippen LogP contribution in [-0.2, 0) is 16.1 Å². The summed E-state index contributed by atoms with van der Waals surface area (Å²) in [7, 11) is 0. The van der Waals surface area contributed by atoms with Crippen LogP contribution in [0.3, 0.4) is 0 Å². The third-order valence-corrected chi connectivity index (χ3v) is 3.94. The Bertz CT molecular complexity index is 986. The highest BCUT2D eigenvalue weighted by molar-refractivity contribution is 5.93. The summed E-state index contributed by atoms with van der Waals surface area (Å²) in [5.41, 5.74) is 1.97. The van der Waals surface area contributed by atoms with E-state index < -0.39 is 23.9 Å². The number of hydrogen-bond acceptors (Lipinski definition) is 6. The molecule has 0 fully saturated rings. The molecular formula is C19H19N5O4. The maximum atomic E-state index is 12.3. The molecular weight excluding hydrogens is 362 g/mol. The second-order valence-corrected chi connectivity index (χ2v) is 6.03. The highest BCUT2D eigenvalue weighted by Crippen LogP contribution is 2.09. The van der Waals surface area contributed by atoms with Crippen molar-refractivity contribution in [1.29, 1.82) is 0 Å². The average molecular weight is 381 g/mol. The van der Waals surface area contributed by atoms with Gasteiger partial charge in [-0.25, -0.2) is 4.79 Å². The van der Waals surface area contributed by atoms with Crippen molar-refractivity contribution >= 4 is 28.9 Å². The summed E-state index contributed by atoms with van der Waals surface area (Å²) in [6, 6.07) is 15.3. The molecule has 0 saturated heterocycles. The van der Waals surface area contributed by atoms with E-state index in [-0.39, 0.29) is 13.2 Å². The molecule has 0 aliphatic heterocycles. The zero-order valence-electron chi connectivity index (χ0n) is 15.2. The van der Waals surface area contributed by atoms with E-state index in [0.717, 1.165) is 10.2 Å². The lowest BCUT2D eigenvalue weighted by Crippen LogP contribution is -2.46. The molecule has 0 unspecified atom stereocenters. The van der Waals surface area contributed by atoms with Gasteiger partial charge in [0, 0.05) is 0 Å². The van der Waals surface area contributed by atoms with E-state index in [4.69, 9.17) is 4.74 Å². The molecule has 0 saturated carbocycles. The molecule has 2 N–H and O–H groups in total. The lowest BCUT2D eigenvalue weighted by atomic mass is 10.2. The number of benzene rings is 2. The van der Waals surface area contributed by atoms with E-state index in [0.29, 0.717) is 11.0 Å². The van der Waals surface area contributed by atoms with Crippen LogP contribution in [-0.4, -0.2) is 45.5 Å². The van der Waals surface area contributed by atoms with Crippen LogP contribution >= 0.6 is 0 Å². The van der Waals surface area contributed by atoms with E-state index in [1.54, 1.807) is 24.3 Å². The SMILES string of the molecule is C[C@H](NC(=O)OCc1ccccc1)C(=O)NCC(=O)n1nnc2ccccc21. The molecule has 28 heavy (non-hydrogen) atoms. The molecule has 3 aromatic rings. The first-order valence-electron chi connectivity index (χ1n) is 8.63. The van der Waals surface area contributed by atoms with E-state index in [2.05, 4.69) is 20.9 Å². The second-order valence-electron chi connectivity index (χ2n) is 6.03. The summed E-state index contributed by atoms with van der Waals surface area (Å²) < 4.78 is 6.19. The van der Waals surface area contributed by atoms with Gasteiger partial charge in [0.2, 0.25) is 5.91 Å². The Balaban J connectivity index is 1.46. The van der Waals surface area contributed by atoms with Crippen LogP contribution in [0.25, 0.3) is 11.0 Å². The monoisotopic (exact) mass is 381 g/mol. The van der Waals surface area contributed by atoms with Crippen molar-refractivity contribution in [2.24, 2.45) is 0 Å². The van der Waals surface area contributed by atoms with Gasteiger partial charge in [-0.2, -0.15) is 4.68 Å². The van der Waals surface area contributed by atoms with E-state index in [1.807, 2.05) is 30.3 Å². The number of nitrogens with zero attached hydrogens (tertiary/aromatic N) is 3. The Kier molecular flexibility index (Phi) is 5.95. The fourth-order valence-electron chi connectivity index (χ4n) is 2.45. The van der Waals surface area contributed by atoms with E-state index in [9.17, 15) is 14.4 Å². The number of nitrogens with one attached hydrogen (secondary N) is 2. The zero-order chi connectivity index (χ0) is 19.9. The first-order valence-corrected chi connectivity index (χ1v) is 8.63. The Morgan fingerprint density at radius 1 is 1.07 bits per heavy atom. The molecule has 0 aliphatic rings. The molecule has 0 spiro atoms. The third-order valence-electron chi connectivity index (χ3n) is 3.94. The number of carbonyl (C=O) groups is 3. The van der Waals surface area contributed by atoms with Gasteiger partial charge in [-0.1, -0.05) is 47.7 Å². The fraction of sp³-hybridized carbons (Fsp3) is 0.211. The average Bonchev–Trinajstić information content (AvgIpc) is 3.15. The number of ether oxygens (including phenoxy) is 1. The van der Waals surface area contributed by atoms with Crippen molar-refractivity contribution in [3.05, 3.63) is 60.2 Å². The Morgan fingerprint density at radius 3 is 2.57 bits per heavy atom. The topological polar surface area (TPSA) is 115 Å². The largest absolute Gasteiger partial charge is 0.445 e. The highest BCUT2D eigenvalue weighted by atomic mass is 16.5. The highest BCUT2D eigenvalue weighted by Gasteiger charge is 2.18. The minimum absolute atomic E-state index is 0.0961. The maximum Gasteiger partial charge on any atom is 0.408 e. The molecule has 2 aromatic carbocycles. The molecule has 1 heterocycles. The van der Waals surface area contributed by atoms with Crippen molar-refractivity contribution < 1.29 is 19.1 Å². The molecule has 3 rings (SSSR count). The molecule has 9 nitrogen and oxygen atoms in total. The molecule has 0 aliphatic carbocycles. The van der Waals surface area contributed by atoms with Gasteiger partial charge in [-0.05, 0) is 24.6 Å². The minimum Gasteiger partial charge on any atom is -0.445 e. The number of hydrogen-bond donors (Lipinski definition) is 2. The van der Waals surface area contributed by atoms with Crippen LogP contribution in [0, 0.1) is 0 Å². The van der Waals surface area contributed by atoms with Crippen molar-refractivity contribution in [3.8, 4) is 0 Å². The predicted molar refractivity (Wildman–Crippen MR) is 100 cm³/mol. The summed E-state index contributed by atoms with van der Waals surface area (Å²) in [4.78, 5) is 36.2. The zero-order valence-corrected chi connectivity index (χ0v) is 15.2. The first kappa shape index (κ1) is 19.0. The Morgan fingerprint density at radius 2 is 1.79 bits per heavy atom. The van der Waals surface area contributed by atoms with Gasteiger partial charge in [-0.3, -0.25) is 9.59 Å². The first-order chi connectivity index (χ1) is 13.5. The lowest BCUT2D eigenvalue weighted by Gasteiger charge is -2.14. The Hall–Kier alpha value is -3.75. The number of rotatable bonds is 6. The molecule has 1 aromatic heterocycles. The van der Waals surface area contributed by atoms with Crippen molar-refractivity contribution in [2.45, 2.75) is 19.6 Å². The summed E-state index contributed by atoms with van der Waals surface area (Å²) in [6.07, 6.45) is -0.722. The van der Waals surface area contributed by atoms with Gasteiger partial charge in [0.1, 0.15) is 18.2 Å². The van der Waals surface area contributed by atoms with E-state index in [1.165, 1.54) is 6.92 Å². The number of amides is 2. The fourth-order valence-corrected chi connectivity index (χ4v) is 2.45. The molecule has 1 atom stereocenters. The molecule has 0 radical (unpaired) electrons. The number of alkyl carbamates (subject to hydrolysis) is 1. The smallest absolute Gasteiger partial charge is 0.408 e. The van der Waals surface area contributed by atoms with Crippen LogP contribution in [0.15, 0.2) is 54.6 Å². The molecule has 2 amide bonds. The van der Waals surface area contributed by atoms with Gasteiger partial charge in [-0.15, -0.1) is 5.10 Å². The third kappa shape index (κ3) is 4.70. The van der Waals surface area contributed by atoms with Gasteiger partial charge in [0.15, 0.2) is 0 Å². The Labute approximate surface area is 160 Å². The second kappa shape index (κ2) is 8.76. The van der Waals surface area contributed by atoms with Gasteiger partial charge < -0.3 is 15.4 Å². The quantitative estimate of drug-likeness (QED) is 0.669.